The molecule has 7 heteroatoms. The van der Waals surface area contributed by atoms with Crippen LogP contribution >= 0.6 is 11.6 Å². The van der Waals surface area contributed by atoms with Gasteiger partial charge in [-0.05, 0) is 66.1 Å². The van der Waals surface area contributed by atoms with E-state index in [1.165, 1.54) is 4.90 Å². The number of unbranched alkanes of at least 4 members (excludes halogenated alkanes) is 1. The number of ketones is 1. The lowest BCUT2D eigenvalue weighted by molar-refractivity contribution is -0.140. The van der Waals surface area contributed by atoms with Crippen LogP contribution in [0.4, 0.5) is 0 Å². The molecular formula is C27H25ClN2O4. The Kier molecular flexibility index (Phi) is 7.28. The van der Waals surface area contributed by atoms with Crippen LogP contribution in [0.5, 0.6) is 5.75 Å². The van der Waals surface area contributed by atoms with Gasteiger partial charge in [-0.3, -0.25) is 14.6 Å². The van der Waals surface area contributed by atoms with E-state index in [4.69, 9.17) is 16.3 Å². The predicted molar refractivity (Wildman–Crippen MR) is 130 cm³/mol. The first-order chi connectivity index (χ1) is 16.5. The molecule has 6 nitrogen and oxygen atoms in total. The van der Waals surface area contributed by atoms with Crippen LogP contribution in [-0.4, -0.2) is 33.3 Å². The molecule has 4 rings (SSSR count). The van der Waals surface area contributed by atoms with Crippen LogP contribution in [0.25, 0.3) is 5.76 Å². The summed E-state index contributed by atoms with van der Waals surface area (Å²) in [5.74, 6) is -1.00. The predicted octanol–water partition coefficient (Wildman–Crippen LogP) is 5.54. The first-order valence-electron chi connectivity index (χ1n) is 11.2. The number of hydrogen-bond donors (Lipinski definition) is 1. The van der Waals surface area contributed by atoms with Gasteiger partial charge in [-0.1, -0.05) is 37.1 Å². The number of aromatic nitrogens is 1. The van der Waals surface area contributed by atoms with Gasteiger partial charge in [0.15, 0.2) is 0 Å². The number of aliphatic hydroxyl groups is 1. The number of carbonyl (C=O) groups is 2. The zero-order valence-electron chi connectivity index (χ0n) is 18.8. The first kappa shape index (κ1) is 23.5. The highest BCUT2D eigenvalue weighted by Crippen LogP contribution is 2.41. The molecule has 1 unspecified atom stereocenters. The van der Waals surface area contributed by atoms with Gasteiger partial charge in [0.05, 0.1) is 18.2 Å². The third-order valence-electron chi connectivity index (χ3n) is 5.70. The molecule has 0 saturated carbocycles. The second kappa shape index (κ2) is 10.5. The Bertz CT molecular complexity index is 1210. The zero-order chi connectivity index (χ0) is 24.1. The monoisotopic (exact) mass is 476 g/mol. The third-order valence-corrected chi connectivity index (χ3v) is 5.95. The molecule has 0 bridgehead atoms. The van der Waals surface area contributed by atoms with E-state index in [-0.39, 0.29) is 17.9 Å². The van der Waals surface area contributed by atoms with Gasteiger partial charge in [-0.15, -0.1) is 0 Å². The maximum absolute atomic E-state index is 13.2. The molecule has 1 saturated heterocycles. The van der Waals surface area contributed by atoms with Crippen molar-refractivity contribution in [2.75, 3.05) is 6.61 Å². The van der Waals surface area contributed by atoms with Gasteiger partial charge >= 0.3 is 0 Å². The fourth-order valence-electron chi connectivity index (χ4n) is 3.95. The van der Waals surface area contributed by atoms with Crippen molar-refractivity contribution < 1.29 is 19.4 Å². The second-order valence-corrected chi connectivity index (χ2v) is 8.50. The van der Waals surface area contributed by atoms with E-state index in [1.807, 2.05) is 24.3 Å². The number of hydrogen-bond acceptors (Lipinski definition) is 5. The third kappa shape index (κ3) is 4.97. The van der Waals surface area contributed by atoms with Crippen molar-refractivity contribution in [2.45, 2.75) is 32.4 Å². The Balaban J connectivity index is 1.80. The number of amides is 1. The number of nitrogens with zero attached hydrogens (tertiary/aromatic N) is 2. The average Bonchev–Trinajstić information content (AvgIpc) is 3.10. The number of rotatable bonds is 8. The summed E-state index contributed by atoms with van der Waals surface area (Å²) in [5, 5.41) is 11.7. The van der Waals surface area contributed by atoms with Gasteiger partial charge in [0.25, 0.3) is 11.7 Å². The van der Waals surface area contributed by atoms with Crippen molar-refractivity contribution in [3.8, 4) is 5.75 Å². The molecule has 0 spiro atoms. The molecule has 1 amide bonds. The van der Waals surface area contributed by atoms with E-state index in [0.717, 1.165) is 18.4 Å². The zero-order valence-corrected chi connectivity index (χ0v) is 19.5. The first-order valence-corrected chi connectivity index (χ1v) is 11.5. The van der Waals surface area contributed by atoms with E-state index in [1.54, 1.807) is 48.8 Å². The molecule has 0 aliphatic carbocycles. The van der Waals surface area contributed by atoms with E-state index >= 15 is 0 Å². The SMILES string of the molecule is CCCCOc1cccc(C2/C(=C(\O)c3ccc(Cl)cc3)C(=O)C(=O)N2Cc2ccncc2)c1. The van der Waals surface area contributed by atoms with Gasteiger partial charge in [0, 0.05) is 29.5 Å². The Hall–Kier alpha value is -3.64. The summed E-state index contributed by atoms with van der Waals surface area (Å²) >= 11 is 5.99. The van der Waals surface area contributed by atoms with Crippen molar-refractivity contribution in [1.82, 2.24) is 9.88 Å². The Morgan fingerprint density at radius 2 is 1.82 bits per heavy atom. The number of halogens is 1. The van der Waals surface area contributed by atoms with E-state index < -0.39 is 17.7 Å². The fourth-order valence-corrected chi connectivity index (χ4v) is 4.07. The highest BCUT2D eigenvalue weighted by Gasteiger charge is 2.46. The molecular weight excluding hydrogens is 452 g/mol. The number of pyridine rings is 1. The van der Waals surface area contributed by atoms with Gasteiger partial charge < -0.3 is 14.7 Å². The maximum Gasteiger partial charge on any atom is 0.295 e. The average molecular weight is 477 g/mol. The van der Waals surface area contributed by atoms with Crippen molar-refractivity contribution in [3.63, 3.8) is 0 Å². The highest BCUT2D eigenvalue weighted by molar-refractivity contribution is 6.46. The number of aliphatic hydroxyl groups excluding tert-OH is 1. The lowest BCUT2D eigenvalue weighted by atomic mass is 9.95. The van der Waals surface area contributed by atoms with Crippen molar-refractivity contribution >= 4 is 29.1 Å². The minimum Gasteiger partial charge on any atom is -0.507 e. The van der Waals surface area contributed by atoms with Crippen molar-refractivity contribution in [3.05, 3.63) is 100 Å². The molecule has 0 radical (unpaired) electrons. The number of Topliss-reactive ketones (excluding diaryl/α,β-unsaturated/α-hetero) is 1. The fraction of sp³-hybridized carbons (Fsp3) is 0.222. The number of ether oxygens (including phenoxy) is 1. The van der Waals surface area contributed by atoms with Crippen molar-refractivity contribution in [1.29, 1.82) is 0 Å². The summed E-state index contributed by atoms with van der Waals surface area (Å²) in [7, 11) is 0. The second-order valence-electron chi connectivity index (χ2n) is 8.06. The van der Waals surface area contributed by atoms with Crippen LogP contribution in [0.1, 0.15) is 42.5 Å². The van der Waals surface area contributed by atoms with Crippen molar-refractivity contribution in [2.24, 2.45) is 0 Å². The normalized spacial score (nSPS) is 17.2. The number of benzene rings is 2. The van der Waals surface area contributed by atoms with Gasteiger partial charge in [0.1, 0.15) is 11.5 Å². The molecule has 1 aliphatic rings. The molecule has 1 N–H and O–H groups in total. The molecule has 1 fully saturated rings. The minimum atomic E-state index is -0.779. The molecule has 2 heterocycles. The summed E-state index contributed by atoms with van der Waals surface area (Å²) in [6, 6.07) is 16.6. The quantitative estimate of drug-likeness (QED) is 0.200. The molecule has 1 aromatic heterocycles. The summed E-state index contributed by atoms with van der Waals surface area (Å²) in [6.07, 6.45) is 5.20. The number of carbonyl (C=O) groups excluding carboxylic acids is 2. The van der Waals surface area contributed by atoms with Crippen LogP contribution in [0.15, 0.2) is 78.6 Å². The summed E-state index contributed by atoms with van der Waals surface area (Å²) in [5.41, 5.74) is 1.94. The standard InChI is InChI=1S/C27H25ClN2O4/c1-2-3-15-34-22-6-4-5-20(16-22)24-23(25(31)19-7-9-21(28)10-8-19)26(32)27(33)30(24)17-18-11-13-29-14-12-18/h4-14,16,24,31H,2-3,15,17H2,1H3/b25-23+. The molecule has 2 aromatic carbocycles. The maximum atomic E-state index is 13.2. The largest absolute Gasteiger partial charge is 0.507 e. The molecule has 174 valence electrons. The lowest BCUT2D eigenvalue weighted by Gasteiger charge is -2.25. The summed E-state index contributed by atoms with van der Waals surface area (Å²) in [6.45, 7) is 2.85. The van der Waals surface area contributed by atoms with Crippen LogP contribution < -0.4 is 4.74 Å². The Morgan fingerprint density at radius 3 is 2.53 bits per heavy atom. The van der Waals surface area contributed by atoms with Crippen LogP contribution in [-0.2, 0) is 16.1 Å². The Labute approximate surface area is 203 Å². The number of likely N-dealkylation sites (tertiary alicyclic amines) is 1. The molecule has 1 atom stereocenters. The molecule has 1 aliphatic heterocycles. The highest BCUT2D eigenvalue weighted by atomic mass is 35.5. The van der Waals surface area contributed by atoms with E-state index in [0.29, 0.717) is 28.5 Å². The summed E-state index contributed by atoms with van der Waals surface area (Å²) in [4.78, 5) is 31.8. The minimum absolute atomic E-state index is 0.0343. The van der Waals surface area contributed by atoms with Crippen LogP contribution in [0.2, 0.25) is 5.02 Å². The van der Waals surface area contributed by atoms with Gasteiger partial charge in [-0.25, -0.2) is 0 Å². The lowest BCUT2D eigenvalue weighted by Crippen LogP contribution is -2.29. The summed E-state index contributed by atoms with van der Waals surface area (Å²) < 4.78 is 5.86. The van der Waals surface area contributed by atoms with Gasteiger partial charge in [0.2, 0.25) is 0 Å². The smallest absolute Gasteiger partial charge is 0.295 e. The molecule has 3 aromatic rings. The topological polar surface area (TPSA) is 79.7 Å². The van der Waals surface area contributed by atoms with Gasteiger partial charge in [-0.2, -0.15) is 0 Å². The Morgan fingerprint density at radius 1 is 1.09 bits per heavy atom. The van der Waals surface area contributed by atoms with Crippen LogP contribution in [0.3, 0.4) is 0 Å². The van der Waals surface area contributed by atoms with Crippen LogP contribution in [0, 0.1) is 0 Å². The van der Waals surface area contributed by atoms with E-state index in [2.05, 4.69) is 11.9 Å². The molecule has 34 heavy (non-hydrogen) atoms. The van der Waals surface area contributed by atoms with E-state index in [9.17, 15) is 14.7 Å².